The highest BCUT2D eigenvalue weighted by molar-refractivity contribution is 5.67. The van der Waals surface area contributed by atoms with Crippen molar-refractivity contribution in [1.29, 1.82) is 0 Å². The topological polar surface area (TPSA) is 59.3 Å². The van der Waals surface area contributed by atoms with Crippen LogP contribution in [0.2, 0.25) is 0 Å². The van der Waals surface area contributed by atoms with Gasteiger partial charge in [-0.1, -0.05) is 46.1 Å². The highest BCUT2D eigenvalue weighted by Gasteiger charge is 2.26. The monoisotopic (exact) mass is 305 g/mol. The third kappa shape index (κ3) is 3.79. The van der Waals surface area contributed by atoms with Crippen LogP contribution in [0.4, 0.5) is 0 Å². The number of pyridine rings is 1. The van der Waals surface area contributed by atoms with Crippen LogP contribution >= 0.6 is 0 Å². The zero-order chi connectivity index (χ0) is 16.3. The van der Waals surface area contributed by atoms with Gasteiger partial charge in [-0.25, -0.2) is 0 Å². The van der Waals surface area contributed by atoms with Crippen molar-refractivity contribution in [3.8, 4) is 0 Å². The van der Waals surface area contributed by atoms with Gasteiger partial charge >= 0.3 is 5.97 Å². The highest BCUT2D eigenvalue weighted by Crippen LogP contribution is 2.31. The second kappa shape index (κ2) is 6.67. The van der Waals surface area contributed by atoms with E-state index in [9.17, 15) is 9.59 Å². The summed E-state index contributed by atoms with van der Waals surface area (Å²) in [5, 5.41) is 8.86. The molecule has 0 spiro atoms. The highest BCUT2D eigenvalue weighted by atomic mass is 16.4. The van der Waals surface area contributed by atoms with Gasteiger partial charge in [-0.3, -0.25) is 9.59 Å². The van der Waals surface area contributed by atoms with E-state index in [4.69, 9.17) is 5.11 Å². The van der Waals surface area contributed by atoms with Crippen molar-refractivity contribution < 1.29 is 9.90 Å². The van der Waals surface area contributed by atoms with Crippen molar-refractivity contribution >= 4 is 5.97 Å². The molecule has 122 valence electrons. The van der Waals surface area contributed by atoms with Crippen molar-refractivity contribution in [3.63, 3.8) is 0 Å². The third-order valence-electron chi connectivity index (χ3n) is 4.51. The number of aromatic nitrogens is 1. The normalized spacial score (nSPS) is 16.7. The van der Waals surface area contributed by atoms with Crippen molar-refractivity contribution in [2.24, 2.45) is 0 Å². The maximum atomic E-state index is 12.9. The van der Waals surface area contributed by atoms with Gasteiger partial charge in [-0.2, -0.15) is 0 Å². The zero-order valence-corrected chi connectivity index (χ0v) is 13.9. The number of nitrogens with zero attached hydrogens (tertiary/aromatic N) is 1. The molecule has 1 aliphatic carbocycles. The van der Waals surface area contributed by atoms with Crippen LogP contribution in [0.3, 0.4) is 0 Å². The summed E-state index contributed by atoms with van der Waals surface area (Å²) >= 11 is 0. The summed E-state index contributed by atoms with van der Waals surface area (Å²) in [4.78, 5) is 23.7. The Balaban J connectivity index is 2.46. The van der Waals surface area contributed by atoms with E-state index in [1.807, 2.05) is 16.7 Å². The first-order valence-corrected chi connectivity index (χ1v) is 8.27. The Labute approximate surface area is 132 Å². The number of aliphatic carboxylic acids is 1. The molecule has 0 aliphatic heterocycles. The third-order valence-corrected chi connectivity index (χ3v) is 4.51. The molecule has 0 atom stereocenters. The Bertz CT molecular complexity index is 589. The molecule has 1 N–H and O–H groups in total. The van der Waals surface area contributed by atoms with Crippen molar-refractivity contribution in [2.75, 3.05) is 0 Å². The number of hydrogen-bond acceptors (Lipinski definition) is 2. The van der Waals surface area contributed by atoms with Crippen molar-refractivity contribution in [2.45, 2.75) is 77.2 Å². The van der Waals surface area contributed by atoms with Gasteiger partial charge in [0.05, 0.1) is 0 Å². The summed E-state index contributed by atoms with van der Waals surface area (Å²) in [5.74, 6) is -0.858. The molecule has 4 nitrogen and oxygen atoms in total. The fraction of sp³-hybridized carbons (Fsp3) is 0.667. The van der Waals surface area contributed by atoms with Crippen LogP contribution in [0.1, 0.15) is 76.6 Å². The summed E-state index contributed by atoms with van der Waals surface area (Å²) in [7, 11) is 0. The Kier molecular flexibility index (Phi) is 5.09. The van der Waals surface area contributed by atoms with E-state index in [0.717, 1.165) is 18.5 Å². The van der Waals surface area contributed by atoms with Gasteiger partial charge in [0.2, 0.25) is 0 Å². The number of carboxylic acids is 1. The summed E-state index contributed by atoms with van der Waals surface area (Å²) in [6, 6.07) is 4.11. The van der Waals surface area contributed by atoms with Crippen molar-refractivity contribution in [1.82, 2.24) is 4.57 Å². The molecule has 0 radical (unpaired) electrons. The van der Waals surface area contributed by atoms with Crippen LogP contribution < -0.4 is 5.56 Å². The van der Waals surface area contributed by atoms with Crippen LogP contribution in [0.15, 0.2) is 16.9 Å². The minimum Gasteiger partial charge on any atom is -0.481 e. The molecule has 1 saturated carbocycles. The van der Waals surface area contributed by atoms with Gasteiger partial charge < -0.3 is 9.67 Å². The maximum Gasteiger partial charge on any atom is 0.303 e. The maximum absolute atomic E-state index is 12.9. The molecule has 1 aliphatic rings. The molecule has 1 fully saturated rings. The zero-order valence-electron chi connectivity index (χ0n) is 13.9. The average Bonchev–Trinajstić information content (AvgIpc) is 2.45. The molecular formula is C18H27NO3. The van der Waals surface area contributed by atoms with Crippen LogP contribution in [-0.2, 0) is 16.6 Å². The van der Waals surface area contributed by atoms with Crippen LogP contribution in [0.25, 0.3) is 0 Å². The molecule has 0 unspecified atom stereocenters. The fourth-order valence-electron chi connectivity index (χ4n) is 3.34. The van der Waals surface area contributed by atoms with Gasteiger partial charge in [-0.15, -0.1) is 0 Å². The van der Waals surface area contributed by atoms with Crippen molar-refractivity contribution in [3.05, 3.63) is 33.7 Å². The van der Waals surface area contributed by atoms with E-state index < -0.39 is 5.97 Å². The van der Waals surface area contributed by atoms with E-state index >= 15 is 0 Å². The second-order valence-corrected chi connectivity index (χ2v) is 7.35. The lowest BCUT2D eigenvalue weighted by Crippen LogP contribution is -2.35. The molecule has 4 heteroatoms. The van der Waals surface area contributed by atoms with E-state index in [1.165, 1.54) is 19.3 Å². The second-order valence-electron chi connectivity index (χ2n) is 7.35. The summed E-state index contributed by atoms with van der Waals surface area (Å²) in [6.07, 6.45) is 5.99. The molecule has 0 aromatic carbocycles. The Morgan fingerprint density at radius 2 is 1.86 bits per heavy atom. The molecule has 0 saturated heterocycles. The van der Waals surface area contributed by atoms with Gasteiger partial charge in [0.1, 0.15) is 0 Å². The number of carboxylic acid groups (broad SMARTS) is 1. The largest absolute Gasteiger partial charge is 0.481 e. The minimum atomic E-state index is -0.858. The van der Waals surface area contributed by atoms with Crippen LogP contribution in [0.5, 0.6) is 0 Å². The van der Waals surface area contributed by atoms with E-state index in [1.54, 1.807) is 0 Å². The predicted octanol–water partition coefficient (Wildman–Crippen LogP) is 3.67. The lowest BCUT2D eigenvalue weighted by molar-refractivity contribution is -0.136. The van der Waals surface area contributed by atoms with Gasteiger partial charge in [-0.05, 0) is 25.3 Å². The Morgan fingerprint density at radius 1 is 1.23 bits per heavy atom. The smallest absolute Gasteiger partial charge is 0.303 e. The molecular weight excluding hydrogens is 278 g/mol. The number of rotatable bonds is 4. The molecule has 0 amide bonds. The number of aryl methyl sites for hydroxylation is 1. The molecule has 1 aromatic heterocycles. The predicted molar refractivity (Wildman–Crippen MR) is 87.5 cm³/mol. The van der Waals surface area contributed by atoms with Gasteiger partial charge in [0.15, 0.2) is 0 Å². The van der Waals surface area contributed by atoms with Crippen LogP contribution in [-0.4, -0.2) is 15.6 Å². The quantitative estimate of drug-likeness (QED) is 0.923. The number of carbonyl (C=O) groups is 1. The molecule has 1 aromatic rings. The standard InChI is InChI=1S/C18H27NO3/c1-18(2,3)15-11-9-13(10-12-16(20)21)17(22)19(15)14-7-5-4-6-8-14/h9,11,14H,4-8,10,12H2,1-3H3,(H,20,21). The van der Waals surface area contributed by atoms with E-state index in [0.29, 0.717) is 12.0 Å². The summed E-state index contributed by atoms with van der Waals surface area (Å²) in [6.45, 7) is 6.37. The minimum absolute atomic E-state index is 0.00870. The lowest BCUT2D eigenvalue weighted by Gasteiger charge is -2.32. The lowest BCUT2D eigenvalue weighted by atomic mass is 9.88. The molecule has 2 rings (SSSR count). The molecule has 0 bridgehead atoms. The first kappa shape index (κ1) is 16.8. The van der Waals surface area contributed by atoms with Gasteiger partial charge in [0, 0.05) is 29.1 Å². The summed E-state index contributed by atoms with van der Waals surface area (Å²) in [5.41, 5.74) is 1.60. The molecule has 1 heterocycles. The van der Waals surface area contributed by atoms with Crippen LogP contribution in [0, 0.1) is 0 Å². The van der Waals surface area contributed by atoms with E-state index in [-0.39, 0.29) is 23.4 Å². The van der Waals surface area contributed by atoms with E-state index in [2.05, 4.69) is 20.8 Å². The molecule has 22 heavy (non-hydrogen) atoms. The first-order chi connectivity index (χ1) is 10.3. The average molecular weight is 305 g/mol. The van der Waals surface area contributed by atoms with Gasteiger partial charge in [0.25, 0.3) is 5.56 Å². The number of hydrogen-bond donors (Lipinski definition) is 1. The SMILES string of the molecule is CC(C)(C)c1ccc(CCC(=O)O)c(=O)n1C1CCCCC1. The fourth-order valence-corrected chi connectivity index (χ4v) is 3.34. The Morgan fingerprint density at radius 3 is 2.41 bits per heavy atom. The first-order valence-electron chi connectivity index (χ1n) is 8.27. The summed E-state index contributed by atoms with van der Waals surface area (Å²) < 4.78 is 1.97. The Hall–Kier alpha value is -1.58.